The average molecular weight is 155 g/mol. The van der Waals surface area contributed by atoms with Crippen LogP contribution in [-0.2, 0) is 4.79 Å². The molecule has 2 fully saturated rings. The Bertz CT molecular complexity index is 204. The van der Waals surface area contributed by atoms with Gasteiger partial charge in [0.1, 0.15) is 5.72 Å². The molecule has 0 aromatic carbocycles. The van der Waals surface area contributed by atoms with Gasteiger partial charge in [0.05, 0.1) is 0 Å². The number of aliphatic hydroxyl groups is 1. The van der Waals surface area contributed by atoms with Crippen LogP contribution in [-0.4, -0.2) is 28.2 Å². The molecule has 0 radical (unpaired) electrons. The maximum atomic E-state index is 11.2. The predicted molar refractivity (Wildman–Crippen MR) is 39.7 cm³/mol. The Morgan fingerprint density at radius 2 is 2.45 bits per heavy atom. The summed E-state index contributed by atoms with van der Waals surface area (Å²) in [5, 5.41) is 9.98. The average Bonchev–Trinajstić information content (AvgIpc) is 2.39. The molecular weight excluding hydrogens is 142 g/mol. The van der Waals surface area contributed by atoms with Crippen LogP contribution in [0.2, 0.25) is 0 Å². The maximum Gasteiger partial charge on any atom is 0.225 e. The van der Waals surface area contributed by atoms with E-state index in [4.69, 9.17) is 0 Å². The Labute approximate surface area is 66.0 Å². The van der Waals surface area contributed by atoms with E-state index in [0.717, 1.165) is 13.0 Å². The van der Waals surface area contributed by atoms with Crippen LogP contribution in [0.4, 0.5) is 0 Å². The molecule has 0 aromatic rings. The van der Waals surface area contributed by atoms with Gasteiger partial charge in [-0.3, -0.25) is 4.79 Å². The standard InChI is InChI=1S/C8H13NO2/c1-6-3-5-9-7(10)2-4-8(6,9)11/h6,11H,2-5H2,1H3. The third-order valence-corrected chi connectivity index (χ3v) is 3.05. The first-order valence-corrected chi connectivity index (χ1v) is 4.17. The number of hydrogen-bond acceptors (Lipinski definition) is 2. The molecule has 2 atom stereocenters. The lowest BCUT2D eigenvalue weighted by atomic mass is 9.97. The first-order valence-electron chi connectivity index (χ1n) is 4.17. The Kier molecular flexibility index (Phi) is 1.27. The van der Waals surface area contributed by atoms with Crippen LogP contribution in [0.3, 0.4) is 0 Å². The van der Waals surface area contributed by atoms with Gasteiger partial charge >= 0.3 is 0 Å². The third kappa shape index (κ3) is 0.745. The van der Waals surface area contributed by atoms with Crippen molar-refractivity contribution >= 4 is 5.91 Å². The fourth-order valence-electron chi connectivity index (χ4n) is 2.16. The van der Waals surface area contributed by atoms with Crippen LogP contribution in [0, 0.1) is 5.92 Å². The Hall–Kier alpha value is -0.570. The SMILES string of the molecule is CC1CCN2C(=O)CCC12O. The predicted octanol–water partition coefficient (Wildman–Crippen LogP) is 0.337. The highest BCUT2D eigenvalue weighted by molar-refractivity contribution is 5.79. The molecule has 1 N–H and O–H groups in total. The van der Waals surface area contributed by atoms with Crippen LogP contribution in [0.5, 0.6) is 0 Å². The highest BCUT2D eigenvalue weighted by atomic mass is 16.3. The number of hydrogen-bond donors (Lipinski definition) is 1. The number of nitrogens with zero attached hydrogens (tertiary/aromatic N) is 1. The first kappa shape index (κ1) is 7.10. The van der Waals surface area contributed by atoms with Crippen LogP contribution < -0.4 is 0 Å². The molecular formula is C8H13NO2. The van der Waals surface area contributed by atoms with Gasteiger partial charge in [-0.2, -0.15) is 0 Å². The van der Waals surface area contributed by atoms with Crippen LogP contribution >= 0.6 is 0 Å². The topological polar surface area (TPSA) is 40.5 Å². The van der Waals surface area contributed by atoms with Crippen molar-refractivity contribution in [2.24, 2.45) is 5.92 Å². The van der Waals surface area contributed by atoms with Gasteiger partial charge in [-0.15, -0.1) is 0 Å². The van der Waals surface area contributed by atoms with E-state index in [1.54, 1.807) is 4.90 Å². The molecule has 11 heavy (non-hydrogen) atoms. The zero-order valence-electron chi connectivity index (χ0n) is 6.71. The van der Waals surface area contributed by atoms with E-state index >= 15 is 0 Å². The van der Waals surface area contributed by atoms with Crippen LogP contribution in [0.1, 0.15) is 26.2 Å². The number of carbonyl (C=O) groups excluding carboxylic acids is 1. The molecule has 0 saturated carbocycles. The smallest absolute Gasteiger partial charge is 0.225 e. The second-order valence-corrected chi connectivity index (χ2v) is 3.61. The van der Waals surface area contributed by atoms with Crippen LogP contribution in [0.25, 0.3) is 0 Å². The zero-order chi connectivity index (χ0) is 8.06. The van der Waals surface area contributed by atoms with E-state index in [2.05, 4.69) is 0 Å². The lowest BCUT2D eigenvalue weighted by Crippen LogP contribution is -2.43. The minimum absolute atomic E-state index is 0.122. The van der Waals surface area contributed by atoms with Gasteiger partial charge in [-0.25, -0.2) is 0 Å². The summed E-state index contributed by atoms with van der Waals surface area (Å²) in [6.45, 7) is 2.76. The molecule has 1 amide bonds. The highest BCUT2D eigenvalue weighted by Crippen LogP contribution is 2.41. The van der Waals surface area contributed by atoms with Gasteiger partial charge in [0.2, 0.25) is 5.91 Å². The van der Waals surface area contributed by atoms with Crippen molar-refractivity contribution in [2.75, 3.05) is 6.54 Å². The third-order valence-electron chi connectivity index (χ3n) is 3.05. The van der Waals surface area contributed by atoms with E-state index in [9.17, 15) is 9.90 Å². The van der Waals surface area contributed by atoms with E-state index in [0.29, 0.717) is 12.8 Å². The van der Waals surface area contributed by atoms with Gasteiger partial charge in [0.25, 0.3) is 0 Å². The lowest BCUT2D eigenvalue weighted by Gasteiger charge is -2.29. The van der Waals surface area contributed by atoms with Gasteiger partial charge in [0.15, 0.2) is 0 Å². The van der Waals surface area contributed by atoms with Crippen molar-refractivity contribution in [3.05, 3.63) is 0 Å². The summed E-state index contributed by atoms with van der Waals surface area (Å²) in [7, 11) is 0. The minimum atomic E-state index is -0.781. The Morgan fingerprint density at radius 1 is 1.73 bits per heavy atom. The number of amides is 1. The number of rotatable bonds is 0. The molecule has 0 spiro atoms. The van der Waals surface area contributed by atoms with Gasteiger partial charge < -0.3 is 10.0 Å². The second-order valence-electron chi connectivity index (χ2n) is 3.61. The summed E-state index contributed by atoms with van der Waals surface area (Å²) in [6, 6.07) is 0. The highest BCUT2D eigenvalue weighted by Gasteiger charge is 2.51. The molecule has 2 saturated heterocycles. The molecule has 0 aliphatic carbocycles. The molecule has 0 aromatic heterocycles. The molecule has 0 bridgehead atoms. The van der Waals surface area contributed by atoms with Crippen molar-refractivity contribution in [3.8, 4) is 0 Å². The van der Waals surface area contributed by atoms with Gasteiger partial charge in [-0.05, 0) is 6.42 Å². The quantitative estimate of drug-likeness (QED) is 0.548. The Morgan fingerprint density at radius 3 is 3.09 bits per heavy atom. The molecule has 62 valence electrons. The Balaban J connectivity index is 2.30. The fourth-order valence-corrected chi connectivity index (χ4v) is 2.16. The van der Waals surface area contributed by atoms with Gasteiger partial charge in [0, 0.05) is 25.3 Å². The zero-order valence-corrected chi connectivity index (χ0v) is 6.71. The first-order chi connectivity index (χ1) is 5.14. The summed E-state index contributed by atoms with van der Waals surface area (Å²) >= 11 is 0. The van der Waals surface area contributed by atoms with Crippen molar-refractivity contribution in [1.82, 2.24) is 4.90 Å². The summed E-state index contributed by atoms with van der Waals surface area (Å²) < 4.78 is 0. The van der Waals surface area contributed by atoms with E-state index < -0.39 is 5.72 Å². The molecule has 3 heteroatoms. The lowest BCUT2D eigenvalue weighted by molar-refractivity contribution is -0.142. The molecule has 2 aliphatic rings. The van der Waals surface area contributed by atoms with Crippen molar-refractivity contribution in [1.29, 1.82) is 0 Å². The molecule has 2 rings (SSSR count). The monoisotopic (exact) mass is 155 g/mol. The molecule has 2 heterocycles. The van der Waals surface area contributed by atoms with E-state index in [-0.39, 0.29) is 11.8 Å². The fraction of sp³-hybridized carbons (Fsp3) is 0.875. The van der Waals surface area contributed by atoms with E-state index in [1.165, 1.54) is 0 Å². The van der Waals surface area contributed by atoms with Gasteiger partial charge in [-0.1, -0.05) is 6.92 Å². The molecule has 3 nitrogen and oxygen atoms in total. The summed E-state index contributed by atoms with van der Waals surface area (Å²) in [5.41, 5.74) is -0.781. The molecule has 2 unspecified atom stereocenters. The van der Waals surface area contributed by atoms with Crippen molar-refractivity contribution in [3.63, 3.8) is 0 Å². The summed E-state index contributed by atoms with van der Waals surface area (Å²) in [5.74, 6) is 0.380. The normalized spacial score (nSPS) is 43.3. The number of fused-ring (bicyclic) bond motifs is 1. The second kappa shape index (κ2) is 1.97. The summed E-state index contributed by atoms with van der Waals surface area (Å²) in [4.78, 5) is 12.8. The van der Waals surface area contributed by atoms with Crippen molar-refractivity contribution < 1.29 is 9.90 Å². The summed E-state index contributed by atoms with van der Waals surface area (Å²) in [6.07, 6.45) is 2.11. The minimum Gasteiger partial charge on any atom is -0.370 e. The number of carbonyl (C=O) groups is 1. The molecule has 2 aliphatic heterocycles. The van der Waals surface area contributed by atoms with Crippen LogP contribution in [0.15, 0.2) is 0 Å². The van der Waals surface area contributed by atoms with E-state index in [1.807, 2.05) is 6.92 Å². The van der Waals surface area contributed by atoms with Crippen molar-refractivity contribution in [2.45, 2.75) is 31.9 Å². The maximum absolute atomic E-state index is 11.2. The largest absolute Gasteiger partial charge is 0.370 e.